The second-order valence-corrected chi connectivity index (χ2v) is 10.7. The van der Waals surface area contributed by atoms with Gasteiger partial charge in [-0.2, -0.15) is 0 Å². The van der Waals surface area contributed by atoms with Crippen LogP contribution in [0, 0.1) is 0 Å². The number of hydrogen-bond acceptors (Lipinski definition) is 4. The van der Waals surface area contributed by atoms with E-state index in [1.807, 2.05) is 0 Å². The zero-order chi connectivity index (χ0) is 30.1. The van der Waals surface area contributed by atoms with Gasteiger partial charge in [-0.3, -0.25) is 0 Å². The van der Waals surface area contributed by atoms with Gasteiger partial charge in [0.25, 0.3) is 0 Å². The van der Waals surface area contributed by atoms with Gasteiger partial charge in [0.1, 0.15) is 0 Å². The van der Waals surface area contributed by atoms with Crippen LogP contribution in [0.15, 0.2) is 72.9 Å². The van der Waals surface area contributed by atoms with Crippen molar-refractivity contribution in [3.8, 4) is 0 Å². The molecule has 0 heterocycles. The first-order chi connectivity index (χ1) is 20.1. The van der Waals surface area contributed by atoms with Crippen molar-refractivity contribution in [2.75, 3.05) is 0 Å². The average molecular weight is 609 g/mol. The third-order valence-corrected chi connectivity index (χ3v) is 6.75. The molecule has 0 aromatic heterocycles. The van der Waals surface area contributed by atoms with Crippen LogP contribution in [0.25, 0.3) is 0 Å². The third-order valence-electron chi connectivity index (χ3n) is 6.25. The zero-order valence-electron chi connectivity index (χ0n) is 25.8. The van der Waals surface area contributed by atoms with Gasteiger partial charge in [-0.15, -0.1) is 0 Å². The van der Waals surface area contributed by atoms with Gasteiger partial charge in [0.05, 0.1) is 0 Å². The van der Waals surface area contributed by atoms with Crippen LogP contribution in [-0.2, 0) is 34.9 Å². The van der Waals surface area contributed by atoms with Crippen LogP contribution in [-0.4, -0.2) is 16.4 Å². The van der Waals surface area contributed by atoms with E-state index in [1.165, 1.54) is 0 Å². The summed E-state index contributed by atoms with van der Waals surface area (Å²) in [6.07, 6.45) is 45.0. The number of carbonyl (C=O) groups excluding carboxylic acids is 2. The summed E-state index contributed by atoms with van der Waals surface area (Å²) in [5.41, 5.74) is 0. The van der Waals surface area contributed by atoms with Gasteiger partial charge in [-0.25, -0.2) is 0 Å². The van der Waals surface area contributed by atoms with E-state index in [2.05, 4.69) is 112 Å². The molecule has 0 aliphatic rings. The van der Waals surface area contributed by atoms with Crippen molar-refractivity contribution < 1.29 is 34.9 Å². The second kappa shape index (κ2) is 32.3. The maximum atomic E-state index is 12.0. The molecule has 0 aliphatic carbocycles. The van der Waals surface area contributed by atoms with Gasteiger partial charge in [0, 0.05) is 0 Å². The molecule has 231 valence electrons. The van der Waals surface area contributed by atoms with E-state index in [9.17, 15) is 9.59 Å². The summed E-state index contributed by atoms with van der Waals surface area (Å²) in [5.74, 6) is -1.14. The third kappa shape index (κ3) is 30.6. The molecule has 0 aromatic carbocycles. The van der Waals surface area contributed by atoms with E-state index in [-0.39, 0.29) is 6.42 Å². The van der Waals surface area contributed by atoms with Gasteiger partial charge < -0.3 is 0 Å². The molecule has 0 fully saturated rings. The molecule has 0 aromatic rings. The van der Waals surface area contributed by atoms with E-state index in [4.69, 9.17) is 0 Å². The van der Waals surface area contributed by atoms with Crippen LogP contribution in [0.4, 0.5) is 0 Å². The fraction of sp³-hybridized carbons (Fsp3) is 0.583. The molecule has 41 heavy (non-hydrogen) atoms. The Morgan fingerprint density at radius 2 is 0.878 bits per heavy atom. The summed E-state index contributed by atoms with van der Waals surface area (Å²) in [4.78, 5) is 33.2. The Kier molecular flexibility index (Phi) is 30.5. The Morgan fingerprint density at radius 1 is 0.488 bits per heavy atom. The first-order valence-corrected chi connectivity index (χ1v) is 16.5. The number of unbranched alkanes of at least 4 members (excludes halogenated alkanes) is 9. The number of allylic oxidation sites excluding steroid dienone is 12. The van der Waals surface area contributed by atoms with Gasteiger partial charge >= 0.3 is 165 Å². The van der Waals surface area contributed by atoms with Crippen molar-refractivity contribution in [1.82, 2.24) is 0 Å². The Balaban J connectivity index is 3.59. The van der Waals surface area contributed by atoms with Gasteiger partial charge in [0.15, 0.2) is 0 Å². The summed E-state index contributed by atoms with van der Waals surface area (Å²) >= 11 is 3.78. The van der Waals surface area contributed by atoms with E-state index in [0.29, 0.717) is 10.8 Å². The van der Waals surface area contributed by atoms with Crippen LogP contribution in [0.1, 0.15) is 136 Å². The normalized spacial score (nSPS) is 12.2. The van der Waals surface area contributed by atoms with Crippen molar-refractivity contribution in [2.45, 2.75) is 136 Å². The molecule has 0 amide bonds. The standard InChI is InChI=1S/C36H56O4.Fe/c1-3-5-7-9-11-13-15-17-19-21-23-25-27-29-31-33-35(37)39-40-36(38)34-32-30-28-26-24-22-20-18-16-14-12-10-8-6-4-2;/h5-8,11-14,17-20H,3-4,9-10,15-16,21-33H2,1-2H3;/q;+1/b7-5-,8-6-,13-11-,14-12-,19-17-,20-18-;. The summed E-state index contributed by atoms with van der Waals surface area (Å²) < 4.78 is 0.354. The molecule has 0 aliphatic heterocycles. The van der Waals surface area contributed by atoms with Gasteiger partial charge in [0.2, 0.25) is 0 Å². The van der Waals surface area contributed by atoms with E-state index < -0.39 is 11.9 Å². The maximum absolute atomic E-state index is 12.0. The van der Waals surface area contributed by atoms with Crippen molar-refractivity contribution in [2.24, 2.45) is 0 Å². The number of carbonyl (C=O) groups is 2. The topological polar surface area (TPSA) is 52.6 Å². The molecule has 0 atom stereocenters. The molecule has 4 nitrogen and oxygen atoms in total. The molecule has 0 saturated heterocycles. The molecule has 0 rings (SSSR count). The first-order valence-electron chi connectivity index (χ1n) is 15.9. The summed E-state index contributed by atoms with van der Waals surface area (Å²) in [7, 11) is 0. The summed E-state index contributed by atoms with van der Waals surface area (Å²) in [5, 5.41) is 0. The second-order valence-electron chi connectivity index (χ2n) is 10.1. The summed E-state index contributed by atoms with van der Waals surface area (Å²) in [6, 6.07) is 0. The molecule has 5 heteroatoms. The average Bonchev–Trinajstić information content (AvgIpc) is 2.97. The monoisotopic (exact) mass is 608 g/mol. The predicted molar refractivity (Wildman–Crippen MR) is 171 cm³/mol. The molecule has 0 saturated carbocycles. The van der Waals surface area contributed by atoms with Crippen molar-refractivity contribution in [3.63, 3.8) is 0 Å². The molecular formula is C36H56FeO4+. The predicted octanol–water partition coefficient (Wildman–Crippen LogP) is 10.5. The molecule has 0 N–H and O–H groups in total. The molecule has 0 radical (unpaired) electrons. The fourth-order valence-corrected chi connectivity index (χ4v) is 4.12. The van der Waals surface area contributed by atoms with E-state index >= 15 is 0 Å². The zero-order valence-corrected chi connectivity index (χ0v) is 27.0. The Morgan fingerprint density at radius 3 is 1.37 bits per heavy atom. The van der Waals surface area contributed by atoms with Crippen molar-refractivity contribution >= 4 is 16.4 Å². The Labute approximate surface area is 259 Å². The molecule has 0 unspecified atom stereocenters. The number of hydrogen-bond donors (Lipinski definition) is 0. The van der Waals surface area contributed by atoms with Gasteiger partial charge in [-0.05, 0) is 32.1 Å². The van der Waals surface area contributed by atoms with Crippen molar-refractivity contribution in [1.29, 1.82) is 0 Å². The van der Waals surface area contributed by atoms with Crippen molar-refractivity contribution in [3.05, 3.63) is 72.9 Å². The smallest absolute Gasteiger partial charge is 0.0885 e. The summed E-state index contributed by atoms with van der Waals surface area (Å²) in [6.45, 7) is 4.29. The first kappa shape index (κ1) is 38.8. The van der Waals surface area contributed by atoms with E-state index in [1.54, 1.807) is 0 Å². The van der Waals surface area contributed by atoms with E-state index in [0.717, 1.165) is 109 Å². The fourth-order valence-electron chi connectivity index (χ4n) is 3.88. The Hall–Kier alpha value is -2.23. The van der Waals surface area contributed by atoms with Crippen LogP contribution in [0.5, 0.6) is 0 Å². The minimum atomic E-state index is -0.642. The molecule has 0 spiro atoms. The molecular weight excluding hydrogens is 552 g/mol. The van der Waals surface area contributed by atoms with Crippen LogP contribution in [0.2, 0.25) is 0 Å². The minimum Gasteiger partial charge on any atom is -0.0885 e. The van der Waals surface area contributed by atoms with Gasteiger partial charge in [-0.1, -0.05) is 62.5 Å². The minimum absolute atomic E-state index is 0.264. The van der Waals surface area contributed by atoms with Crippen LogP contribution >= 0.6 is 0 Å². The SMILES string of the molecule is CC/C=C\C/C=C\C/C=C\CCCCCCCC(=O)OOC(=O)[C](=[Fe+])CCCCCC/C=C\C/C=C\C/C=C\CC. The Bertz CT molecular complexity index is 833. The quantitative estimate of drug-likeness (QED) is 0.0322. The van der Waals surface area contributed by atoms with Crippen LogP contribution in [0.3, 0.4) is 0 Å². The number of rotatable bonds is 26. The van der Waals surface area contributed by atoms with Crippen LogP contribution < -0.4 is 0 Å². The molecule has 0 bridgehead atoms.